The topological polar surface area (TPSA) is 135 Å². The lowest BCUT2D eigenvalue weighted by Gasteiger charge is -2.29. The van der Waals surface area contributed by atoms with Crippen LogP contribution in [0.4, 0.5) is 0 Å². The zero-order valence-corrected chi connectivity index (χ0v) is 58.8. The summed E-state index contributed by atoms with van der Waals surface area (Å²) >= 11 is 0. The second kappa shape index (κ2) is 74.9. The van der Waals surface area contributed by atoms with Crippen molar-refractivity contribution >= 4 is 17.6 Å². The third-order valence-corrected chi connectivity index (χ3v) is 17.0. The van der Waals surface area contributed by atoms with Gasteiger partial charge in [0.15, 0.2) is 0 Å². The first-order valence-electron chi connectivity index (χ1n) is 37.4. The Balaban J connectivity index is -0.00000147. The third-order valence-electron chi connectivity index (χ3n) is 17.0. The fraction of sp³-hybridized carbons (Fsp3) is 0.960. The third kappa shape index (κ3) is 74.8. The van der Waals surface area contributed by atoms with Crippen LogP contribution in [0.2, 0.25) is 0 Å². The molecule has 3 atom stereocenters. The summed E-state index contributed by atoms with van der Waals surface area (Å²) in [6.07, 6.45) is 61.2. The highest BCUT2D eigenvalue weighted by atomic mass is 16.5. The molecule has 3 N–H and O–H groups in total. The van der Waals surface area contributed by atoms with Crippen LogP contribution in [0.15, 0.2) is 0 Å². The largest absolute Gasteiger partial charge is 0.394 e. The molecule has 10 nitrogen and oxygen atoms in total. The molecule has 0 rings (SSSR count). The lowest BCUT2D eigenvalue weighted by molar-refractivity contribution is -0.132. The maximum Gasteiger partial charge on any atom is 0.222 e. The van der Waals surface area contributed by atoms with Crippen LogP contribution in [0.25, 0.3) is 0 Å². The van der Waals surface area contributed by atoms with Crippen LogP contribution in [0, 0.1) is 17.8 Å². The van der Waals surface area contributed by atoms with Crippen molar-refractivity contribution in [2.24, 2.45) is 17.8 Å². The number of aliphatic hydroxyl groups is 2. The van der Waals surface area contributed by atoms with Crippen molar-refractivity contribution in [3.8, 4) is 0 Å². The van der Waals surface area contributed by atoms with E-state index >= 15 is 0 Å². The average Bonchev–Trinajstić information content (AvgIpc) is 3.54. The molecular weight excluding hydrogens is 1060 g/mol. The van der Waals surface area contributed by atoms with E-state index < -0.39 is 6.10 Å². The van der Waals surface area contributed by atoms with Crippen molar-refractivity contribution < 1.29 is 38.8 Å². The Kier molecular flexibility index (Phi) is 77.2. The minimum Gasteiger partial charge on any atom is -0.394 e. The number of amides is 2. The average molecular weight is 1210 g/mol. The number of carbonyl (C=O) groups excluding carboxylic acids is 3. The Morgan fingerprint density at radius 1 is 0.435 bits per heavy atom. The summed E-state index contributed by atoms with van der Waals surface area (Å²) in [7, 11) is 3.41. The molecule has 0 heterocycles. The van der Waals surface area contributed by atoms with E-state index in [0.29, 0.717) is 44.9 Å². The van der Waals surface area contributed by atoms with Crippen LogP contribution in [0.5, 0.6) is 0 Å². The van der Waals surface area contributed by atoms with Crippen molar-refractivity contribution in [1.82, 2.24) is 10.2 Å². The number of hydrogen-bond donors (Lipinski definition) is 3. The minimum absolute atomic E-state index is 0.0111. The van der Waals surface area contributed by atoms with Crippen molar-refractivity contribution in [1.29, 1.82) is 0 Å². The summed E-state index contributed by atoms with van der Waals surface area (Å²) in [6, 6.07) is 0. The molecule has 0 saturated carbocycles. The van der Waals surface area contributed by atoms with Gasteiger partial charge in [-0.2, -0.15) is 0 Å². The first-order valence-corrected chi connectivity index (χ1v) is 37.4. The van der Waals surface area contributed by atoms with E-state index in [1.807, 2.05) is 4.90 Å². The van der Waals surface area contributed by atoms with E-state index in [1.165, 1.54) is 231 Å². The maximum absolute atomic E-state index is 13.3. The summed E-state index contributed by atoms with van der Waals surface area (Å²) in [6.45, 7) is 20.4. The van der Waals surface area contributed by atoms with Gasteiger partial charge in [0.25, 0.3) is 0 Å². The monoisotopic (exact) mass is 1210 g/mol. The van der Waals surface area contributed by atoms with Gasteiger partial charge >= 0.3 is 0 Å². The van der Waals surface area contributed by atoms with Crippen molar-refractivity contribution in [2.45, 2.75) is 382 Å². The Morgan fingerprint density at radius 3 is 1.28 bits per heavy atom. The molecular formula is C75H152N2O8. The van der Waals surface area contributed by atoms with Gasteiger partial charge in [0.2, 0.25) is 11.8 Å². The lowest BCUT2D eigenvalue weighted by atomic mass is 9.96. The van der Waals surface area contributed by atoms with E-state index in [0.717, 1.165) is 115 Å². The first-order chi connectivity index (χ1) is 41.4. The van der Waals surface area contributed by atoms with Gasteiger partial charge < -0.3 is 34.6 Å². The number of hydrogen-bond acceptors (Lipinski definition) is 8. The molecule has 510 valence electrons. The fourth-order valence-electron chi connectivity index (χ4n) is 11.2. The lowest BCUT2D eigenvalue weighted by Crippen LogP contribution is -2.39. The second-order valence-electron chi connectivity index (χ2n) is 26.4. The smallest absolute Gasteiger partial charge is 0.222 e. The van der Waals surface area contributed by atoms with Crippen LogP contribution >= 0.6 is 0 Å². The highest BCUT2D eigenvalue weighted by Gasteiger charge is 2.22. The predicted molar refractivity (Wildman–Crippen MR) is 368 cm³/mol. The van der Waals surface area contributed by atoms with Crippen LogP contribution in [-0.2, 0) is 28.6 Å². The molecule has 0 aliphatic rings. The Labute approximate surface area is 530 Å². The number of ketones is 1. The number of ether oxygens (including phenoxy) is 3. The number of nitrogens with one attached hydrogen (secondary N) is 1. The normalized spacial score (nSPS) is 12.4. The molecule has 85 heavy (non-hydrogen) atoms. The van der Waals surface area contributed by atoms with Gasteiger partial charge in [-0.3, -0.25) is 14.4 Å². The Hall–Kier alpha value is -1.59. The van der Waals surface area contributed by atoms with E-state index in [2.05, 4.69) is 53.8 Å². The highest BCUT2D eigenvalue weighted by molar-refractivity contribution is 5.78. The molecule has 0 saturated heterocycles. The number of Topliss-reactive ketones (excluding diaryl/α,β-unsaturated/α-hetero) is 1. The Bertz CT molecular complexity index is 1300. The molecule has 10 heteroatoms. The van der Waals surface area contributed by atoms with Crippen LogP contribution in [-0.4, -0.2) is 106 Å². The molecule has 0 aliphatic carbocycles. The van der Waals surface area contributed by atoms with Crippen molar-refractivity contribution in [3.05, 3.63) is 0 Å². The van der Waals surface area contributed by atoms with Crippen molar-refractivity contribution in [2.75, 3.05) is 66.9 Å². The van der Waals surface area contributed by atoms with E-state index in [4.69, 9.17) is 14.2 Å². The number of carbonyl (C=O) groups is 3. The van der Waals surface area contributed by atoms with Crippen LogP contribution < -0.4 is 5.32 Å². The van der Waals surface area contributed by atoms with E-state index in [-0.39, 0.29) is 24.3 Å². The van der Waals surface area contributed by atoms with Gasteiger partial charge in [0.05, 0.1) is 19.3 Å². The van der Waals surface area contributed by atoms with Crippen LogP contribution in [0.3, 0.4) is 0 Å². The summed E-state index contributed by atoms with van der Waals surface area (Å²) in [5, 5.41) is 22.7. The van der Waals surface area contributed by atoms with Gasteiger partial charge in [-0.05, 0) is 69.6 Å². The molecule has 0 spiro atoms. The molecule has 0 radical (unpaired) electrons. The van der Waals surface area contributed by atoms with Gasteiger partial charge in [-0.1, -0.05) is 292 Å². The quantitative estimate of drug-likeness (QED) is 0.0513. The van der Waals surface area contributed by atoms with Gasteiger partial charge in [0.1, 0.15) is 5.78 Å². The molecule has 0 aromatic carbocycles. The minimum atomic E-state index is -0.781. The number of aliphatic hydroxyl groups excluding tert-OH is 2. The van der Waals surface area contributed by atoms with Crippen LogP contribution in [0.1, 0.15) is 376 Å². The standard InChI is InChI=1S/C42H85NO5.C18H37NO.C15H30O2/c1-4-6-8-10-12-14-16-18-20-22-24-26-28-30-35-48-39-40(36-41(45)38-44)37-43(33-31-34-47-3)42(46)32-29-27-25-23-21-19-17-15-13-11-9-7-5-2;1-4-6-10-13-17(3)14-11-8-9-12-15-18(20)19-16-7-5-2;1-14(2)10-6-4-5-7-11-15(16)12-8-9-13-17-3/h40-41,44-45H,4-39H2,1-3H3;17H,4-16H2,1-3H3,(H,19,20);14H,4-13H2,1-3H3. The fourth-order valence-corrected chi connectivity index (χ4v) is 11.2. The zero-order valence-electron chi connectivity index (χ0n) is 58.8. The summed E-state index contributed by atoms with van der Waals surface area (Å²) in [5.41, 5.74) is 0. The predicted octanol–water partition coefficient (Wildman–Crippen LogP) is 21.0. The van der Waals surface area contributed by atoms with E-state index in [1.54, 1.807) is 14.2 Å². The maximum atomic E-state index is 13.3. The molecule has 0 aromatic rings. The molecule has 0 aliphatic heterocycles. The van der Waals surface area contributed by atoms with Gasteiger partial charge in [0, 0.05) is 85.3 Å². The summed E-state index contributed by atoms with van der Waals surface area (Å²) < 4.78 is 16.3. The SMILES string of the molecule is CCCCCC(C)CCCCCCC(=O)NCCCC.CCCCCCCCCCCCCCCCOCC(CC(O)CO)CN(CCCOC)C(=O)CCCCCCCCCCCCCCC.COCCCCC(=O)CCCCCCC(C)C. The number of rotatable bonds is 66. The number of methoxy groups -OCH3 is 2. The molecule has 0 aromatic heterocycles. The molecule has 2 amide bonds. The summed E-state index contributed by atoms with van der Waals surface area (Å²) in [5.74, 6) is 2.59. The Morgan fingerprint density at radius 2 is 0.812 bits per heavy atom. The zero-order chi connectivity index (χ0) is 63.2. The number of nitrogens with zero attached hydrogens (tertiary/aromatic N) is 1. The number of unbranched alkanes of at least 4 members (excludes halogenated alkanes) is 35. The molecule has 3 unspecified atom stereocenters. The second-order valence-corrected chi connectivity index (χ2v) is 26.4. The first kappa shape index (κ1) is 87.6. The highest BCUT2D eigenvalue weighted by Crippen LogP contribution is 2.20. The van der Waals surface area contributed by atoms with Gasteiger partial charge in [-0.25, -0.2) is 0 Å². The summed E-state index contributed by atoms with van der Waals surface area (Å²) in [4.78, 5) is 38.2. The molecule has 0 fully saturated rings. The molecule has 0 bridgehead atoms. The van der Waals surface area contributed by atoms with E-state index in [9.17, 15) is 24.6 Å². The van der Waals surface area contributed by atoms with Gasteiger partial charge in [-0.15, -0.1) is 0 Å². The van der Waals surface area contributed by atoms with Crippen molar-refractivity contribution in [3.63, 3.8) is 0 Å².